The Hall–Kier alpha value is -4.29. The van der Waals surface area contributed by atoms with Crippen molar-refractivity contribution >= 4 is 72.3 Å². The second-order valence-electron chi connectivity index (χ2n) is 14.5. The minimum atomic E-state index is -0.770. The standard InChI is InChI=1S/C37H37Cl2F2N9O2S/c1-47(2)35(51)31-28(39)24-17-49(13-6-14-50(24)46-31)34-20-15-22(38)27(19-8-9-23(40)32-26(19)21(16-42)33(43)53-32)29(41)30(20)44-36(45-34)52-18-37-10-4-7-25(37)48(3)12-5-11-37/h8-9,15,25H,4-7,10-14,17-18,43H2,1-3H3. The van der Waals surface area contributed by atoms with E-state index in [9.17, 15) is 10.1 Å². The fourth-order valence-electron chi connectivity index (χ4n) is 8.62. The summed E-state index contributed by atoms with van der Waals surface area (Å²) in [6.45, 7) is 2.63. The van der Waals surface area contributed by atoms with Crippen molar-refractivity contribution < 1.29 is 18.3 Å². The van der Waals surface area contributed by atoms with Gasteiger partial charge in [-0.3, -0.25) is 9.48 Å². The summed E-state index contributed by atoms with van der Waals surface area (Å²) in [5.74, 6) is -1.28. The molecule has 1 amide bonds. The van der Waals surface area contributed by atoms with Gasteiger partial charge in [-0.1, -0.05) is 35.7 Å². The van der Waals surface area contributed by atoms with E-state index in [0.29, 0.717) is 49.1 Å². The summed E-state index contributed by atoms with van der Waals surface area (Å²) in [6.07, 6.45) is 5.90. The molecule has 16 heteroatoms. The number of aromatic nitrogens is 4. The zero-order valence-corrected chi connectivity index (χ0v) is 31.8. The first-order valence-corrected chi connectivity index (χ1v) is 19.1. The van der Waals surface area contributed by atoms with Gasteiger partial charge < -0.3 is 25.2 Å². The van der Waals surface area contributed by atoms with Crippen molar-refractivity contribution in [2.24, 2.45) is 5.41 Å². The van der Waals surface area contributed by atoms with E-state index in [1.165, 1.54) is 17.0 Å². The lowest BCUT2D eigenvalue weighted by molar-refractivity contribution is 0.0133. The molecule has 0 spiro atoms. The number of carbonyl (C=O) groups is 1. The zero-order valence-electron chi connectivity index (χ0n) is 29.5. The van der Waals surface area contributed by atoms with Gasteiger partial charge in [-0.05, 0) is 63.4 Å². The number of amides is 1. The monoisotopic (exact) mass is 779 g/mol. The number of fused-ring (bicyclic) bond motifs is 4. The Bertz CT molecular complexity index is 2360. The van der Waals surface area contributed by atoms with Gasteiger partial charge in [0.25, 0.3) is 5.91 Å². The molecule has 3 aliphatic rings. The van der Waals surface area contributed by atoms with Crippen molar-refractivity contribution in [1.29, 1.82) is 5.26 Å². The zero-order chi connectivity index (χ0) is 37.3. The molecular weight excluding hydrogens is 743 g/mol. The minimum Gasteiger partial charge on any atom is -0.463 e. The largest absolute Gasteiger partial charge is 0.463 e. The highest BCUT2D eigenvalue weighted by Gasteiger charge is 2.47. The van der Waals surface area contributed by atoms with Gasteiger partial charge in [-0.25, -0.2) is 8.78 Å². The first-order valence-electron chi connectivity index (χ1n) is 17.6. The van der Waals surface area contributed by atoms with Crippen LogP contribution >= 0.6 is 34.5 Å². The van der Waals surface area contributed by atoms with Gasteiger partial charge in [0.15, 0.2) is 11.5 Å². The molecule has 1 aliphatic carbocycles. The molecule has 1 saturated carbocycles. The fraction of sp³-hybridized carbons (Fsp3) is 0.432. The second kappa shape index (κ2) is 13.5. The number of rotatable bonds is 6. The first-order chi connectivity index (χ1) is 25.4. The Labute approximate surface area is 318 Å². The van der Waals surface area contributed by atoms with Crippen LogP contribution in [0.1, 0.15) is 60.3 Å². The molecule has 11 nitrogen and oxygen atoms in total. The molecule has 2 aliphatic heterocycles. The SMILES string of the molecule is CN(C)C(=O)c1nn2c(c1Cl)CN(c1nc(OCC34CCCC3N(C)CCC4)nc3c(F)c(-c4ccc(F)c5sc(N)c(C#N)c45)c(Cl)cc13)CCC2. The maximum absolute atomic E-state index is 17.3. The summed E-state index contributed by atoms with van der Waals surface area (Å²) in [5.41, 5.74) is 7.02. The normalized spacial score (nSPS) is 20.3. The molecule has 5 aromatic rings. The molecule has 2 fully saturated rings. The van der Waals surface area contributed by atoms with E-state index in [1.807, 2.05) is 4.90 Å². The quantitative estimate of drug-likeness (QED) is 0.186. The number of carbonyl (C=O) groups excluding carboxylic acids is 1. The molecule has 8 rings (SSSR count). The highest BCUT2D eigenvalue weighted by Crippen LogP contribution is 2.49. The van der Waals surface area contributed by atoms with Gasteiger partial charge in [0.1, 0.15) is 28.2 Å². The van der Waals surface area contributed by atoms with Gasteiger partial charge >= 0.3 is 6.01 Å². The van der Waals surface area contributed by atoms with Crippen LogP contribution < -0.4 is 15.4 Å². The topological polar surface area (TPSA) is 129 Å². The molecular formula is C37H37Cl2F2N9O2S. The summed E-state index contributed by atoms with van der Waals surface area (Å²) < 4.78 is 40.7. The van der Waals surface area contributed by atoms with E-state index in [2.05, 4.69) is 28.1 Å². The average Bonchev–Trinajstić information content (AvgIpc) is 3.76. The number of nitrogens with zero attached hydrogens (tertiary/aromatic N) is 8. The number of anilines is 2. The number of nitrogen functional groups attached to an aromatic ring is 1. The summed E-state index contributed by atoms with van der Waals surface area (Å²) in [7, 11) is 5.44. The third-order valence-corrected chi connectivity index (χ3v) is 12.9. The number of hydrogen-bond donors (Lipinski definition) is 1. The summed E-state index contributed by atoms with van der Waals surface area (Å²) in [5, 5.41) is 15.4. The van der Waals surface area contributed by atoms with E-state index in [-0.39, 0.29) is 76.9 Å². The van der Waals surface area contributed by atoms with Crippen LogP contribution in [-0.2, 0) is 13.1 Å². The molecule has 0 bridgehead atoms. The molecule has 0 radical (unpaired) electrons. The van der Waals surface area contributed by atoms with Crippen LogP contribution in [0.25, 0.3) is 32.1 Å². The van der Waals surface area contributed by atoms with Crippen molar-refractivity contribution in [3.05, 3.63) is 56.8 Å². The Morgan fingerprint density at radius 3 is 2.74 bits per heavy atom. The highest BCUT2D eigenvalue weighted by molar-refractivity contribution is 7.23. The number of thiophene rings is 1. The van der Waals surface area contributed by atoms with Crippen LogP contribution in [-0.4, -0.2) is 82.3 Å². The number of likely N-dealkylation sites (tertiary alicyclic amines) is 1. The fourth-order valence-corrected chi connectivity index (χ4v) is 10.1. The van der Waals surface area contributed by atoms with Crippen molar-refractivity contribution in [3.8, 4) is 23.2 Å². The van der Waals surface area contributed by atoms with Gasteiger partial charge in [-0.2, -0.15) is 20.3 Å². The Balaban J connectivity index is 1.29. The lowest BCUT2D eigenvalue weighted by Gasteiger charge is -2.44. The van der Waals surface area contributed by atoms with Crippen LogP contribution in [0.4, 0.5) is 19.6 Å². The predicted molar refractivity (Wildman–Crippen MR) is 203 cm³/mol. The molecule has 276 valence electrons. The molecule has 5 heterocycles. The molecule has 1 saturated heterocycles. The molecule has 53 heavy (non-hydrogen) atoms. The minimum absolute atomic E-state index is 0.0157. The van der Waals surface area contributed by atoms with Crippen LogP contribution in [0.15, 0.2) is 18.2 Å². The number of halogens is 4. The van der Waals surface area contributed by atoms with Crippen molar-refractivity contribution in [1.82, 2.24) is 29.5 Å². The van der Waals surface area contributed by atoms with Gasteiger partial charge in [0.05, 0.1) is 39.2 Å². The Morgan fingerprint density at radius 2 is 1.96 bits per heavy atom. The van der Waals surface area contributed by atoms with E-state index >= 15 is 8.78 Å². The van der Waals surface area contributed by atoms with E-state index in [4.69, 9.17) is 38.7 Å². The smallest absolute Gasteiger partial charge is 0.319 e. The van der Waals surface area contributed by atoms with Gasteiger partial charge in [0.2, 0.25) is 0 Å². The maximum Gasteiger partial charge on any atom is 0.319 e. The van der Waals surface area contributed by atoms with Crippen LogP contribution in [0, 0.1) is 28.4 Å². The molecule has 2 N–H and O–H groups in total. The number of ether oxygens (including phenoxy) is 1. The maximum atomic E-state index is 17.3. The third-order valence-electron chi connectivity index (χ3n) is 11.1. The number of nitriles is 1. The number of hydrogen-bond acceptors (Lipinski definition) is 10. The molecule has 2 atom stereocenters. The van der Waals surface area contributed by atoms with Crippen LogP contribution in [0.2, 0.25) is 10.0 Å². The second-order valence-corrected chi connectivity index (χ2v) is 16.3. The first kappa shape index (κ1) is 35.7. The lowest BCUT2D eigenvalue weighted by Crippen LogP contribution is -2.50. The van der Waals surface area contributed by atoms with Crippen LogP contribution in [0.3, 0.4) is 0 Å². The van der Waals surface area contributed by atoms with E-state index in [1.54, 1.807) is 24.8 Å². The number of piperidine rings is 1. The summed E-state index contributed by atoms with van der Waals surface area (Å²) in [4.78, 5) is 28.3. The Morgan fingerprint density at radius 1 is 1.17 bits per heavy atom. The predicted octanol–water partition coefficient (Wildman–Crippen LogP) is 7.50. The summed E-state index contributed by atoms with van der Waals surface area (Å²) in [6, 6.07) is 6.66. The molecule has 2 unspecified atom stereocenters. The van der Waals surface area contributed by atoms with Gasteiger partial charge in [0, 0.05) is 55.0 Å². The lowest BCUT2D eigenvalue weighted by atomic mass is 9.76. The van der Waals surface area contributed by atoms with Crippen molar-refractivity contribution in [2.45, 2.75) is 57.7 Å². The van der Waals surface area contributed by atoms with Crippen molar-refractivity contribution in [3.63, 3.8) is 0 Å². The average molecular weight is 781 g/mol. The van der Waals surface area contributed by atoms with Crippen LogP contribution in [0.5, 0.6) is 6.01 Å². The number of nitrogens with two attached hydrogens (primary N) is 1. The number of aryl methyl sites for hydroxylation is 1. The van der Waals surface area contributed by atoms with Gasteiger partial charge in [-0.15, -0.1) is 11.3 Å². The van der Waals surface area contributed by atoms with E-state index < -0.39 is 11.6 Å². The van der Waals surface area contributed by atoms with E-state index in [0.717, 1.165) is 50.0 Å². The molecule has 3 aromatic heterocycles. The summed E-state index contributed by atoms with van der Waals surface area (Å²) >= 11 is 14.7. The molecule has 2 aromatic carbocycles. The highest BCUT2D eigenvalue weighted by atomic mass is 35.5. The number of benzene rings is 2. The Kier molecular flexibility index (Phi) is 9.12. The third kappa shape index (κ3) is 5.83. The van der Waals surface area contributed by atoms with Crippen molar-refractivity contribution in [2.75, 3.05) is 51.5 Å².